The second-order valence-electron chi connectivity index (χ2n) is 6.54. The summed E-state index contributed by atoms with van der Waals surface area (Å²) in [7, 11) is 0. The number of carbonyl (C=O) groups is 1. The van der Waals surface area contributed by atoms with Gasteiger partial charge in [-0.25, -0.2) is 0 Å². The van der Waals surface area contributed by atoms with Gasteiger partial charge in [0, 0.05) is 6.54 Å². The van der Waals surface area contributed by atoms with Crippen molar-refractivity contribution in [3.05, 3.63) is 34.4 Å². The lowest BCUT2D eigenvalue weighted by atomic mass is 9.87. The first-order valence-corrected chi connectivity index (χ1v) is 8.38. The average Bonchev–Trinajstić information content (AvgIpc) is 2.47. The summed E-state index contributed by atoms with van der Waals surface area (Å²) in [5, 5.41) is 9.14. The van der Waals surface area contributed by atoms with E-state index < -0.39 is 11.9 Å². The molecular weight excluding hydrogens is 274 g/mol. The topological polar surface area (TPSA) is 63.3 Å². The molecule has 3 N–H and O–H groups in total. The van der Waals surface area contributed by atoms with Gasteiger partial charge in [-0.1, -0.05) is 37.5 Å². The molecule has 124 valence electrons. The van der Waals surface area contributed by atoms with Crippen molar-refractivity contribution in [1.29, 1.82) is 0 Å². The second-order valence-corrected chi connectivity index (χ2v) is 6.54. The van der Waals surface area contributed by atoms with E-state index in [0.717, 1.165) is 25.7 Å². The van der Waals surface area contributed by atoms with Crippen molar-refractivity contribution in [2.75, 3.05) is 6.54 Å². The summed E-state index contributed by atoms with van der Waals surface area (Å²) < 4.78 is 0. The molecule has 0 fully saturated rings. The van der Waals surface area contributed by atoms with E-state index in [-0.39, 0.29) is 6.54 Å². The van der Waals surface area contributed by atoms with E-state index in [1.165, 1.54) is 22.3 Å². The second kappa shape index (κ2) is 8.94. The third-order valence-electron chi connectivity index (χ3n) is 4.81. The van der Waals surface area contributed by atoms with Gasteiger partial charge in [-0.3, -0.25) is 4.79 Å². The molecule has 3 heteroatoms. The Morgan fingerprint density at radius 3 is 2.50 bits per heavy atom. The van der Waals surface area contributed by atoms with Crippen LogP contribution in [0.25, 0.3) is 0 Å². The molecule has 0 radical (unpaired) electrons. The van der Waals surface area contributed by atoms with Crippen LogP contribution in [0, 0.1) is 32.6 Å². The fourth-order valence-corrected chi connectivity index (χ4v) is 3.16. The Labute approximate surface area is 134 Å². The molecule has 0 aliphatic rings. The smallest absolute Gasteiger partial charge is 0.307 e. The monoisotopic (exact) mass is 305 g/mol. The molecule has 1 rings (SSSR count). The molecule has 0 aliphatic heterocycles. The molecule has 0 bridgehead atoms. The van der Waals surface area contributed by atoms with Crippen LogP contribution in [0.4, 0.5) is 0 Å². The van der Waals surface area contributed by atoms with Gasteiger partial charge in [-0.2, -0.15) is 0 Å². The standard InChI is InChI=1S/C19H31NO2/c1-5-16(11-18(12-20)19(21)22)7-6-8-17-10-13(2)9-14(3)15(17)4/h9-10,16,18H,5-8,11-12,20H2,1-4H3,(H,21,22). The van der Waals surface area contributed by atoms with Crippen molar-refractivity contribution >= 4 is 5.97 Å². The summed E-state index contributed by atoms with van der Waals surface area (Å²) in [6, 6.07) is 4.51. The summed E-state index contributed by atoms with van der Waals surface area (Å²) in [4.78, 5) is 11.1. The number of rotatable bonds is 9. The number of nitrogens with two attached hydrogens (primary N) is 1. The molecular formula is C19H31NO2. The third kappa shape index (κ3) is 5.45. The predicted molar refractivity (Wildman–Crippen MR) is 92.2 cm³/mol. The van der Waals surface area contributed by atoms with E-state index in [2.05, 4.69) is 39.8 Å². The van der Waals surface area contributed by atoms with Gasteiger partial charge in [0.05, 0.1) is 5.92 Å². The number of benzene rings is 1. The van der Waals surface area contributed by atoms with Crippen LogP contribution in [0.2, 0.25) is 0 Å². The molecule has 3 nitrogen and oxygen atoms in total. The molecule has 0 amide bonds. The Morgan fingerprint density at radius 2 is 1.95 bits per heavy atom. The normalized spacial score (nSPS) is 13.9. The van der Waals surface area contributed by atoms with Crippen LogP contribution in [0.1, 0.15) is 54.9 Å². The van der Waals surface area contributed by atoms with E-state index in [1.807, 2.05) is 0 Å². The maximum Gasteiger partial charge on any atom is 0.307 e. The van der Waals surface area contributed by atoms with Crippen molar-refractivity contribution < 1.29 is 9.90 Å². The van der Waals surface area contributed by atoms with Crippen molar-refractivity contribution in [3.8, 4) is 0 Å². The van der Waals surface area contributed by atoms with E-state index in [0.29, 0.717) is 12.3 Å². The third-order valence-corrected chi connectivity index (χ3v) is 4.81. The first kappa shape index (κ1) is 18.7. The number of hydrogen-bond acceptors (Lipinski definition) is 2. The molecule has 0 saturated heterocycles. The van der Waals surface area contributed by atoms with Gasteiger partial charge in [0.25, 0.3) is 0 Å². The summed E-state index contributed by atoms with van der Waals surface area (Å²) in [6.07, 6.45) is 4.99. The molecule has 0 saturated carbocycles. The van der Waals surface area contributed by atoms with E-state index in [1.54, 1.807) is 0 Å². The molecule has 2 atom stereocenters. The first-order valence-electron chi connectivity index (χ1n) is 8.38. The van der Waals surface area contributed by atoms with E-state index >= 15 is 0 Å². The zero-order valence-electron chi connectivity index (χ0n) is 14.5. The highest BCUT2D eigenvalue weighted by Gasteiger charge is 2.20. The lowest BCUT2D eigenvalue weighted by Crippen LogP contribution is -2.25. The van der Waals surface area contributed by atoms with Gasteiger partial charge in [-0.15, -0.1) is 0 Å². The molecule has 0 spiro atoms. The van der Waals surface area contributed by atoms with Gasteiger partial charge < -0.3 is 10.8 Å². The van der Waals surface area contributed by atoms with Gasteiger partial charge in [-0.05, 0) is 62.6 Å². The minimum absolute atomic E-state index is 0.238. The van der Waals surface area contributed by atoms with Gasteiger partial charge >= 0.3 is 5.97 Å². The Hall–Kier alpha value is -1.35. The highest BCUT2D eigenvalue weighted by molar-refractivity contribution is 5.70. The Morgan fingerprint density at radius 1 is 1.27 bits per heavy atom. The first-order chi connectivity index (χ1) is 10.4. The zero-order valence-corrected chi connectivity index (χ0v) is 14.5. The van der Waals surface area contributed by atoms with E-state index in [9.17, 15) is 4.79 Å². The van der Waals surface area contributed by atoms with Gasteiger partial charge in [0.2, 0.25) is 0 Å². The zero-order chi connectivity index (χ0) is 16.7. The van der Waals surface area contributed by atoms with Crippen LogP contribution in [-0.2, 0) is 11.2 Å². The molecule has 2 unspecified atom stereocenters. The van der Waals surface area contributed by atoms with Crippen LogP contribution in [0.3, 0.4) is 0 Å². The molecule has 1 aromatic rings. The lowest BCUT2D eigenvalue weighted by Gasteiger charge is -2.19. The fraction of sp³-hybridized carbons (Fsp3) is 0.632. The molecule has 0 heterocycles. The van der Waals surface area contributed by atoms with Crippen LogP contribution in [0.15, 0.2) is 12.1 Å². The quantitative estimate of drug-likeness (QED) is 0.724. The SMILES string of the molecule is CCC(CCCc1cc(C)cc(C)c1C)CC(CN)C(=O)O. The fourth-order valence-electron chi connectivity index (χ4n) is 3.16. The van der Waals surface area contributed by atoms with Crippen LogP contribution in [-0.4, -0.2) is 17.6 Å². The minimum Gasteiger partial charge on any atom is -0.481 e. The molecule has 22 heavy (non-hydrogen) atoms. The number of aliphatic carboxylic acids is 1. The summed E-state index contributed by atoms with van der Waals surface area (Å²) in [5.74, 6) is -0.699. The van der Waals surface area contributed by atoms with Gasteiger partial charge in [0.1, 0.15) is 0 Å². The highest BCUT2D eigenvalue weighted by atomic mass is 16.4. The Balaban J connectivity index is 2.56. The molecule has 0 aromatic heterocycles. The Bertz CT molecular complexity index is 496. The number of hydrogen-bond donors (Lipinski definition) is 2. The molecule has 0 aliphatic carbocycles. The lowest BCUT2D eigenvalue weighted by molar-refractivity contribution is -0.142. The van der Waals surface area contributed by atoms with Crippen LogP contribution >= 0.6 is 0 Å². The van der Waals surface area contributed by atoms with Crippen LogP contribution in [0.5, 0.6) is 0 Å². The summed E-state index contributed by atoms with van der Waals surface area (Å²) in [5.41, 5.74) is 11.1. The largest absolute Gasteiger partial charge is 0.481 e. The van der Waals surface area contributed by atoms with Crippen molar-refractivity contribution in [2.45, 2.75) is 59.8 Å². The number of carboxylic acids is 1. The summed E-state index contributed by atoms with van der Waals surface area (Å²) >= 11 is 0. The maximum atomic E-state index is 11.1. The van der Waals surface area contributed by atoms with Crippen LogP contribution < -0.4 is 5.73 Å². The summed E-state index contributed by atoms with van der Waals surface area (Å²) in [6.45, 7) is 8.88. The maximum absolute atomic E-state index is 11.1. The average molecular weight is 305 g/mol. The van der Waals surface area contributed by atoms with Crippen molar-refractivity contribution in [1.82, 2.24) is 0 Å². The highest BCUT2D eigenvalue weighted by Crippen LogP contribution is 2.23. The minimum atomic E-state index is -0.758. The predicted octanol–water partition coefficient (Wildman–Crippen LogP) is 4.01. The molecule has 1 aromatic carbocycles. The van der Waals surface area contributed by atoms with Crippen molar-refractivity contribution in [3.63, 3.8) is 0 Å². The number of carboxylic acid groups (broad SMARTS) is 1. The van der Waals surface area contributed by atoms with E-state index in [4.69, 9.17) is 10.8 Å². The number of aryl methyl sites for hydroxylation is 3. The van der Waals surface area contributed by atoms with Gasteiger partial charge in [0.15, 0.2) is 0 Å². The Kier molecular flexibility index (Phi) is 7.60. The van der Waals surface area contributed by atoms with Crippen molar-refractivity contribution in [2.24, 2.45) is 17.6 Å².